The Kier molecular flexibility index (Phi) is 10.6. The Bertz CT molecular complexity index is 387. The number of halogens is 1. The third-order valence-electron chi connectivity index (χ3n) is 2.75. The highest BCUT2D eigenvalue weighted by Crippen LogP contribution is 2.11. The number of carbonyl (C=O) groups is 1. The molecule has 0 fully saturated rings. The lowest BCUT2D eigenvalue weighted by atomic mass is 10.1. The molecule has 0 aliphatic heterocycles. The number of nitrogens with zero attached hydrogens (tertiary/aromatic N) is 1. The van der Waals surface area contributed by atoms with Crippen molar-refractivity contribution in [2.45, 2.75) is 38.6 Å². The highest BCUT2D eigenvalue weighted by atomic mass is 35.5. The predicted molar refractivity (Wildman–Crippen MR) is 84.8 cm³/mol. The van der Waals surface area contributed by atoms with Crippen LogP contribution in [-0.4, -0.2) is 37.2 Å². The van der Waals surface area contributed by atoms with Crippen molar-refractivity contribution in [3.05, 3.63) is 16.1 Å². The third-order valence-corrected chi connectivity index (χ3v) is 3.66. The summed E-state index contributed by atoms with van der Waals surface area (Å²) in [6, 6.07) is 0.0529. The summed E-state index contributed by atoms with van der Waals surface area (Å²) >= 11 is 1.48. The summed E-state index contributed by atoms with van der Waals surface area (Å²) in [6.45, 7) is 3.22. The van der Waals surface area contributed by atoms with Gasteiger partial charge in [-0.05, 0) is 13.0 Å². The Morgan fingerprint density at radius 3 is 2.95 bits per heavy atom. The van der Waals surface area contributed by atoms with Gasteiger partial charge in [0.2, 0.25) is 0 Å². The molecular formula is C13H24ClN3O2S. The topological polar surface area (TPSA) is 77.2 Å². The highest BCUT2D eigenvalue weighted by Gasteiger charge is 2.15. The molecule has 0 bridgehead atoms. The number of amides is 1. The van der Waals surface area contributed by atoms with E-state index >= 15 is 0 Å². The number of nitrogens with two attached hydrogens (primary N) is 1. The zero-order valence-corrected chi connectivity index (χ0v) is 13.7. The van der Waals surface area contributed by atoms with Gasteiger partial charge in [0, 0.05) is 18.9 Å². The average molecular weight is 322 g/mol. The Hall–Kier alpha value is -0.690. The summed E-state index contributed by atoms with van der Waals surface area (Å²) in [5.41, 5.74) is 5.95. The molecule has 1 heterocycles. The monoisotopic (exact) mass is 321 g/mol. The van der Waals surface area contributed by atoms with E-state index in [4.69, 9.17) is 10.5 Å². The minimum Gasteiger partial charge on any atom is -0.383 e. The van der Waals surface area contributed by atoms with Gasteiger partial charge in [0.05, 0.1) is 17.7 Å². The number of thiazole rings is 1. The van der Waals surface area contributed by atoms with E-state index in [-0.39, 0.29) is 24.4 Å². The van der Waals surface area contributed by atoms with Crippen LogP contribution in [-0.2, 0) is 11.2 Å². The lowest BCUT2D eigenvalue weighted by molar-refractivity contribution is 0.0886. The minimum atomic E-state index is -0.127. The van der Waals surface area contributed by atoms with Crippen LogP contribution in [0, 0.1) is 0 Å². The predicted octanol–water partition coefficient (Wildman–Crippen LogP) is 2.00. The molecule has 116 valence electrons. The highest BCUT2D eigenvalue weighted by molar-refractivity contribution is 7.09. The van der Waals surface area contributed by atoms with Crippen LogP contribution in [0.2, 0.25) is 0 Å². The summed E-state index contributed by atoms with van der Waals surface area (Å²) in [7, 11) is 1.65. The maximum atomic E-state index is 12.1. The van der Waals surface area contributed by atoms with Crippen LogP contribution in [0.25, 0.3) is 0 Å². The molecule has 1 aromatic rings. The molecule has 0 aromatic carbocycles. The fourth-order valence-corrected chi connectivity index (χ4v) is 2.56. The van der Waals surface area contributed by atoms with Crippen LogP contribution in [0.4, 0.5) is 0 Å². The van der Waals surface area contributed by atoms with Crippen molar-refractivity contribution in [3.8, 4) is 0 Å². The minimum absolute atomic E-state index is 0. The molecule has 1 amide bonds. The van der Waals surface area contributed by atoms with E-state index in [0.717, 1.165) is 30.7 Å². The maximum absolute atomic E-state index is 12.1. The summed E-state index contributed by atoms with van der Waals surface area (Å²) < 4.78 is 5.13. The van der Waals surface area contributed by atoms with Crippen LogP contribution >= 0.6 is 23.7 Å². The number of rotatable bonds is 9. The van der Waals surface area contributed by atoms with Crippen molar-refractivity contribution < 1.29 is 9.53 Å². The molecule has 0 saturated carbocycles. The van der Waals surface area contributed by atoms with Gasteiger partial charge in [-0.2, -0.15) is 0 Å². The van der Waals surface area contributed by atoms with Crippen molar-refractivity contribution in [3.63, 3.8) is 0 Å². The van der Waals surface area contributed by atoms with Crippen molar-refractivity contribution in [2.75, 3.05) is 20.3 Å². The molecule has 3 N–H and O–H groups in total. The zero-order chi connectivity index (χ0) is 14.1. The van der Waals surface area contributed by atoms with Gasteiger partial charge in [0.25, 0.3) is 5.91 Å². The van der Waals surface area contributed by atoms with E-state index in [2.05, 4.69) is 17.2 Å². The van der Waals surface area contributed by atoms with E-state index in [0.29, 0.717) is 18.8 Å². The second-order valence-corrected chi connectivity index (χ2v) is 5.38. The SMILES string of the molecule is CCCCC(COC)NC(=O)c1csc(CCN)n1.Cl. The quantitative estimate of drug-likeness (QED) is 0.729. The second kappa shape index (κ2) is 11.0. The smallest absolute Gasteiger partial charge is 0.271 e. The lowest BCUT2D eigenvalue weighted by Crippen LogP contribution is -2.38. The fraction of sp³-hybridized carbons (Fsp3) is 0.692. The van der Waals surface area contributed by atoms with Crippen LogP contribution in [0.15, 0.2) is 5.38 Å². The van der Waals surface area contributed by atoms with Gasteiger partial charge in [0.1, 0.15) is 5.69 Å². The molecule has 5 nitrogen and oxygen atoms in total. The van der Waals surface area contributed by atoms with Crippen molar-refractivity contribution in [1.29, 1.82) is 0 Å². The Morgan fingerprint density at radius 2 is 2.35 bits per heavy atom. The Labute approximate surface area is 130 Å². The van der Waals surface area contributed by atoms with Gasteiger partial charge in [-0.15, -0.1) is 23.7 Å². The number of nitrogens with one attached hydrogen (secondary N) is 1. The van der Waals surface area contributed by atoms with Crippen molar-refractivity contribution in [1.82, 2.24) is 10.3 Å². The zero-order valence-electron chi connectivity index (χ0n) is 12.1. The van der Waals surface area contributed by atoms with Crippen LogP contribution < -0.4 is 11.1 Å². The van der Waals surface area contributed by atoms with Crippen LogP contribution in [0.1, 0.15) is 41.7 Å². The van der Waals surface area contributed by atoms with Gasteiger partial charge < -0.3 is 15.8 Å². The maximum Gasteiger partial charge on any atom is 0.271 e. The normalized spacial score (nSPS) is 11.8. The first-order valence-corrected chi connectivity index (χ1v) is 7.53. The number of unbranched alkanes of at least 4 members (excludes halogenated alkanes) is 1. The molecule has 7 heteroatoms. The molecule has 1 unspecified atom stereocenters. The van der Waals surface area contributed by atoms with Gasteiger partial charge in [0.15, 0.2) is 0 Å². The molecule has 0 aliphatic rings. The Morgan fingerprint density at radius 1 is 1.60 bits per heavy atom. The van der Waals surface area contributed by atoms with Crippen molar-refractivity contribution in [2.24, 2.45) is 5.73 Å². The van der Waals surface area contributed by atoms with E-state index < -0.39 is 0 Å². The first-order valence-electron chi connectivity index (χ1n) is 6.65. The van der Waals surface area contributed by atoms with Crippen LogP contribution in [0.3, 0.4) is 0 Å². The van der Waals surface area contributed by atoms with E-state index in [9.17, 15) is 4.79 Å². The third kappa shape index (κ3) is 6.65. The molecule has 0 radical (unpaired) electrons. The van der Waals surface area contributed by atoms with Gasteiger partial charge in [-0.1, -0.05) is 19.8 Å². The molecule has 1 rings (SSSR count). The molecule has 0 saturated heterocycles. The summed E-state index contributed by atoms with van der Waals surface area (Å²) in [5.74, 6) is -0.127. The number of hydrogen-bond donors (Lipinski definition) is 2. The number of carbonyl (C=O) groups excluding carboxylic acids is 1. The molecule has 0 aliphatic carbocycles. The van der Waals surface area contributed by atoms with E-state index in [1.54, 1.807) is 12.5 Å². The summed E-state index contributed by atoms with van der Waals surface area (Å²) in [5, 5.41) is 5.66. The fourth-order valence-electron chi connectivity index (χ4n) is 1.76. The average Bonchev–Trinajstić information content (AvgIpc) is 2.85. The number of aromatic nitrogens is 1. The number of methoxy groups -OCH3 is 1. The van der Waals surface area contributed by atoms with Crippen LogP contribution in [0.5, 0.6) is 0 Å². The Balaban J connectivity index is 0.00000361. The summed E-state index contributed by atoms with van der Waals surface area (Å²) in [4.78, 5) is 16.3. The first kappa shape index (κ1) is 19.3. The molecule has 0 spiro atoms. The molecule has 1 aromatic heterocycles. The van der Waals surface area contributed by atoms with Gasteiger partial charge in [-0.3, -0.25) is 4.79 Å². The second-order valence-electron chi connectivity index (χ2n) is 4.43. The summed E-state index contributed by atoms with van der Waals surface area (Å²) in [6.07, 6.45) is 3.82. The lowest BCUT2D eigenvalue weighted by Gasteiger charge is -2.16. The van der Waals surface area contributed by atoms with Crippen molar-refractivity contribution >= 4 is 29.7 Å². The van der Waals surface area contributed by atoms with Gasteiger partial charge in [-0.25, -0.2) is 4.98 Å². The van der Waals surface area contributed by atoms with E-state index in [1.165, 1.54) is 11.3 Å². The first-order chi connectivity index (χ1) is 9.21. The number of hydrogen-bond acceptors (Lipinski definition) is 5. The number of ether oxygens (including phenoxy) is 1. The van der Waals surface area contributed by atoms with Gasteiger partial charge >= 0.3 is 0 Å². The standard InChI is InChI=1S/C13H23N3O2S.ClH/c1-3-4-5-10(8-18-2)15-13(17)11-9-19-12(16-11)6-7-14;/h9-10H,3-8,14H2,1-2H3,(H,15,17);1H. The molecule has 1 atom stereocenters. The molecular weight excluding hydrogens is 298 g/mol. The molecule has 20 heavy (non-hydrogen) atoms. The van der Waals surface area contributed by atoms with E-state index in [1.807, 2.05) is 0 Å². The largest absolute Gasteiger partial charge is 0.383 e.